The van der Waals surface area contributed by atoms with E-state index in [0.717, 1.165) is 51.6 Å². The number of ether oxygens (including phenoxy) is 2. The van der Waals surface area contributed by atoms with Gasteiger partial charge in [-0.2, -0.15) is 5.10 Å². The van der Waals surface area contributed by atoms with Crippen LogP contribution >= 0.6 is 0 Å². The number of nitrogens with one attached hydrogen (secondary N) is 1. The number of H-pyrrole nitrogens is 1. The number of hydrogen-bond acceptors (Lipinski definition) is 8. The first-order chi connectivity index (χ1) is 18.6. The SMILES string of the molecule is CCOc1cc(-c2ccc(N3C[C@@H]4C(CN(C(=O)O)C(=O)OC(C)(C)C)[C@@H]4C3)nc2)c2c3cn[nH]c3nn2c1. The van der Waals surface area contributed by atoms with E-state index in [-0.39, 0.29) is 12.5 Å². The third kappa shape index (κ3) is 4.59. The van der Waals surface area contributed by atoms with Crippen LogP contribution in [0.25, 0.3) is 27.7 Å². The van der Waals surface area contributed by atoms with Crippen LogP contribution in [-0.2, 0) is 4.74 Å². The second-order valence-electron chi connectivity index (χ2n) is 11.1. The van der Waals surface area contributed by atoms with Gasteiger partial charge in [0.2, 0.25) is 0 Å². The molecular weight excluding hydrogens is 502 g/mol. The highest BCUT2D eigenvalue weighted by molar-refractivity contribution is 6.00. The van der Waals surface area contributed by atoms with Crippen LogP contribution in [0.4, 0.5) is 15.4 Å². The molecule has 12 heteroatoms. The summed E-state index contributed by atoms with van der Waals surface area (Å²) in [5, 5.41) is 22.1. The fourth-order valence-corrected chi connectivity index (χ4v) is 5.60. The fourth-order valence-electron chi connectivity index (χ4n) is 5.60. The second kappa shape index (κ2) is 9.14. The zero-order valence-corrected chi connectivity index (χ0v) is 22.3. The number of imide groups is 1. The molecule has 1 aliphatic carbocycles. The number of hydrogen-bond donors (Lipinski definition) is 2. The van der Waals surface area contributed by atoms with Gasteiger partial charge in [-0.1, -0.05) is 0 Å². The fraction of sp³-hybridized carbons (Fsp3) is 0.444. The Bertz CT molecular complexity index is 1540. The average molecular weight is 534 g/mol. The molecule has 204 valence electrons. The number of pyridine rings is 2. The Morgan fingerprint density at radius 3 is 2.62 bits per heavy atom. The number of rotatable bonds is 6. The van der Waals surface area contributed by atoms with Crippen molar-refractivity contribution < 1.29 is 24.2 Å². The molecule has 6 rings (SSSR count). The molecule has 4 aromatic heterocycles. The van der Waals surface area contributed by atoms with Gasteiger partial charge in [-0.3, -0.25) is 5.10 Å². The van der Waals surface area contributed by atoms with Crippen LogP contribution in [0, 0.1) is 17.8 Å². The Kier molecular flexibility index (Phi) is 5.85. The molecule has 1 saturated heterocycles. The lowest BCUT2D eigenvalue weighted by Gasteiger charge is -2.26. The van der Waals surface area contributed by atoms with Gasteiger partial charge in [-0.15, -0.1) is 5.10 Å². The van der Waals surface area contributed by atoms with Crippen molar-refractivity contribution in [3.8, 4) is 16.9 Å². The first-order valence-electron chi connectivity index (χ1n) is 13.1. The second-order valence-corrected chi connectivity index (χ2v) is 11.1. The first-order valence-corrected chi connectivity index (χ1v) is 13.1. The molecule has 5 heterocycles. The zero-order chi connectivity index (χ0) is 27.5. The molecule has 2 aliphatic rings. The van der Waals surface area contributed by atoms with E-state index in [0.29, 0.717) is 24.1 Å². The standard InChI is InChI=1S/C27H31N7O5/c1-5-38-16-8-17(23-18-10-29-30-24(18)31-34(23)11-16)15-6-7-22(28-9-15)32-12-19-20(13-32)21(19)14-33(25(35)36)26(37)39-27(2,3)4/h6-11,19-21H,5,12-14H2,1-4H3,(H,30,31)(H,35,36)/t19-,20+,21?. The van der Waals surface area contributed by atoms with E-state index in [1.165, 1.54) is 0 Å². The number of carbonyl (C=O) groups excluding carboxylic acids is 1. The van der Waals surface area contributed by atoms with Crippen molar-refractivity contribution in [3.63, 3.8) is 0 Å². The van der Waals surface area contributed by atoms with Crippen molar-refractivity contribution in [3.05, 3.63) is 36.8 Å². The van der Waals surface area contributed by atoms with Crippen LogP contribution in [0.15, 0.2) is 36.8 Å². The summed E-state index contributed by atoms with van der Waals surface area (Å²) in [6.45, 7) is 9.34. The maximum Gasteiger partial charge on any atom is 0.419 e. The van der Waals surface area contributed by atoms with E-state index >= 15 is 0 Å². The van der Waals surface area contributed by atoms with Crippen LogP contribution in [0.3, 0.4) is 0 Å². The number of piperidine rings is 1. The van der Waals surface area contributed by atoms with Crippen LogP contribution in [0.5, 0.6) is 5.75 Å². The molecule has 4 aromatic rings. The molecular formula is C27H31N7O5. The molecule has 12 nitrogen and oxygen atoms in total. The van der Waals surface area contributed by atoms with Crippen molar-refractivity contribution in [2.24, 2.45) is 17.8 Å². The monoisotopic (exact) mass is 533 g/mol. The zero-order valence-electron chi connectivity index (χ0n) is 22.3. The molecule has 0 bridgehead atoms. The Morgan fingerprint density at radius 2 is 1.97 bits per heavy atom. The summed E-state index contributed by atoms with van der Waals surface area (Å²) >= 11 is 0. The van der Waals surface area contributed by atoms with Crippen molar-refractivity contribution >= 4 is 34.6 Å². The Hall–Kier alpha value is -4.35. The van der Waals surface area contributed by atoms with Crippen molar-refractivity contribution in [1.82, 2.24) is 29.7 Å². The predicted molar refractivity (Wildman–Crippen MR) is 143 cm³/mol. The third-order valence-electron chi connectivity index (χ3n) is 7.41. The Balaban J connectivity index is 1.16. The Labute approximate surface area is 224 Å². The van der Waals surface area contributed by atoms with Crippen molar-refractivity contribution in [2.45, 2.75) is 33.3 Å². The molecule has 0 spiro atoms. The summed E-state index contributed by atoms with van der Waals surface area (Å²) in [4.78, 5) is 31.9. The molecule has 1 aliphatic heterocycles. The van der Waals surface area contributed by atoms with Gasteiger partial charge in [0.15, 0.2) is 5.65 Å². The molecule has 2 fully saturated rings. The van der Waals surface area contributed by atoms with E-state index in [4.69, 9.17) is 14.5 Å². The lowest BCUT2D eigenvalue weighted by atomic mass is 10.1. The van der Waals surface area contributed by atoms with Crippen LogP contribution in [0.1, 0.15) is 27.7 Å². The van der Waals surface area contributed by atoms with Gasteiger partial charge in [0.25, 0.3) is 0 Å². The molecule has 3 atom stereocenters. The van der Waals surface area contributed by atoms with Gasteiger partial charge in [0, 0.05) is 37.0 Å². The number of aromatic nitrogens is 5. The third-order valence-corrected chi connectivity index (χ3v) is 7.41. The van der Waals surface area contributed by atoms with Gasteiger partial charge >= 0.3 is 12.2 Å². The largest absolute Gasteiger partial charge is 0.492 e. The number of nitrogens with zero attached hydrogens (tertiary/aromatic N) is 6. The number of aromatic amines is 1. The highest BCUT2D eigenvalue weighted by Gasteiger charge is 2.57. The topological polar surface area (TPSA) is 138 Å². The summed E-state index contributed by atoms with van der Waals surface area (Å²) < 4.78 is 12.9. The summed E-state index contributed by atoms with van der Waals surface area (Å²) in [6.07, 6.45) is 3.39. The van der Waals surface area contributed by atoms with E-state index in [1.54, 1.807) is 27.0 Å². The summed E-state index contributed by atoms with van der Waals surface area (Å²) in [6, 6.07) is 6.05. The highest BCUT2D eigenvalue weighted by Crippen LogP contribution is 2.52. The Morgan fingerprint density at radius 1 is 1.21 bits per heavy atom. The minimum absolute atomic E-state index is 0.137. The van der Waals surface area contributed by atoms with Gasteiger partial charge in [-0.25, -0.2) is 24.0 Å². The van der Waals surface area contributed by atoms with Gasteiger partial charge < -0.3 is 19.5 Å². The summed E-state index contributed by atoms with van der Waals surface area (Å²) in [5.41, 5.74) is 2.76. The van der Waals surface area contributed by atoms with Crippen LogP contribution in [-0.4, -0.2) is 78.8 Å². The average Bonchev–Trinajstić information content (AvgIpc) is 3.27. The van der Waals surface area contributed by atoms with Crippen molar-refractivity contribution in [1.29, 1.82) is 0 Å². The van der Waals surface area contributed by atoms with Crippen molar-refractivity contribution in [2.75, 3.05) is 31.1 Å². The minimum atomic E-state index is -1.28. The minimum Gasteiger partial charge on any atom is -0.492 e. The molecule has 0 radical (unpaired) electrons. The van der Waals surface area contributed by atoms with E-state index in [1.807, 2.05) is 42.0 Å². The van der Waals surface area contributed by atoms with Gasteiger partial charge in [0.05, 0.1) is 29.9 Å². The highest BCUT2D eigenvalue weighted by atomic mass is 16.6. The van der Waals surface area contributed by atoms with Gasteiger partial charge in [0.1, 0.15) is 17.2 Å². The number of fused-ring (bicyclic) bond motifs is 4. The number of carboxylic acid groups (broad SMARTS) is 1. The van der Waals surface area contributed by atoms with Crippen LogP contribution in [0.2, 0.25) is 0 Å². The maximum absolute atomic E-state index is 12.4. The number of carbonyl (C=O) groups is 2. The molecule has 2 N–H and O–H groups in total. The summed E-state index contributed by atoms with van der Waals surface area (Å²) in [7, 11) is 0. The maximum atomic E-state index is 12.4. The lowest BCUT2D eigenvalue weighted by Crippen LogP contribution is -2.42. The van der Waals surface area contributed by atoms with E-state index in [2.05, 4.69) is 20.2 Å². The number of anilines is 1. The molecule has 1 unspecified atom stereocenters. The van der Waals surface area contributed by atoms with E-state index < -0.39 is 17.8 Å². The van der Waals surface area contributed by atoms with E-state index in [9.17, 15) is 14.7 Å². The number of amides is 2. The first kappa shape index (κ1) is 25.0. The van der Waals surface area contributed by atoms with Gasteiger partial charge in [-0.05, 0) is 63.6 Å². The van der Waals surface area contributed by atoms with Crippen LogP contribution < -0.4 is 9.64 Å². The quantitative estimate of drug-likeness (QED) is 0.372. The molecule has 2 amide bonds. The lowest BCUT2D eigenvalue weighted by molar-refractivity contribution is 0.0257. The molecule has 39 heavy (non-hydrogen) atoms. The molecule has 0 aromatic carbocycles. The smallest absolute Gasteiger partial charge is 0.419 e. The normalized spacial score (nSPS) is 20.3. The summed E-state index contributed by atoms with van der Waals surface area (Å²) in [5.74, 6) is 2.36. The predicted octanol–water partition coefficient (Wildman–Crippen LogP) is 4.27. The molecule has 1 saturated carbocycles.